The summed E-state index contributed by atoms with van der Waals surface area (Å²) in [5.41, 5.74) is 16.0. The van der Waals surface area contributed by atoms with Gasteiger partial charge in [-0.05, 0) is 47.0 Å². The molecule has 0 saturated heterocycles. The lowest BCUT2D eigenvalue weighted by molar-refractivity contribution is 0.627. The Balaban J connectivity index is 2.25. The highest BCUT2D eigenvalue weighted by Crippen LogP contribution is 2.39. The third-order valence-electron chi connectivity index (χ3n) is 3.57. The van der Waals surface area contributed by atoms with Crippen molar-refractivity contribution < 1.29 is 8.78 Å². The molecule has 0 spiro atoms. The van der Waals surface area contributed by atoms with E-state index >= 15 is 0 Å². The van der Waals surface area contributed by atoms with Gasteiger partial charge in [0.05, 0.1) is 11.4 Å². The van der Waals surface area contributed by atoms with Gasteiger partial charge in [0, 0.05) is 5.56 Å². The lowest BCUT2D eigenvalue weighted by Crippen LogP contribution is -1.99. The molecule has 0 aliphatic carbocycles. The standard InChI is InChI=1S/C18H14F2N2/c19-13-5-1-11(2-6-13)15-9-10-16(21)18(22)17(15)12-3-7-14(20)8-4-12/h1-10H,21-22H2. The number of halogens is 2. The quantitative estimate of drug-likeness (QED) is 0.686. The summed E-state index contributed by atoms with van der Waals surface area (Å²) < 4.78 is 26.3. The van der Waals surface area contributed by atoms with Crippen LogP contribution in [0.15, 0.2) is 60.7 Å². The summed E-state index contributed by atoms with van der Waals surface area (Å²) in [5.74, 6) is -0.634. The minimum absolute atomic E-state index is 0.310. The van der Waals surface area contributed by atoms with E-state index in [-0.39, 0.29) is 11.6 Å². The van der Waals surface area contributed by atoms with E-state index in [9.17, 15) is 8.78 Å². The Morgan fingerprint density at radius 1 is 0.591 bits per heavy atom. The van der Waals surface area contributed by atoms with Gasteiger partial charge in [-0.1, -0.05) is 30.3 Å². The fraction of sp³-hybridized carbons (Fsp3) is 0. The van der Waals surface area contributed by atoms with Crippen LogP contribution in [0.3, 0.4) is 0 Å². The van der Waals surface area contributed by atoms with E-state index in [1.54, 1.807) is 30.3 Å². The monoisotopic (exact) mass is 296 g/mol. The van der Waals surface area contributed by atoms with Gasteiger partial charge in [-0.3, -0.25) is 0 Å². The molecule has 110 valence electrons. The van der Waals surface area contributed by atoms with Crippen LogP contribution in [-0.2, 0) is 0 Å². The van der Waals surface area contributed by atoms with Crippen LogP contribution in [0.2, 0.25) is 0 Å². The van der Waals surface area contributed by atoms with Crippen molar-refractivity contribution in [2.45, 2.75) is 0 Å². The minimum Gasteiger partial charge on any atom is -0.397 e. The number of hydrogen-bond acceptors (Lipinski definition) is 2. The number of nitrogens with two attached hydrogens (primary N) is 2. The molecule has 0 unspecified atom stereocenters. The van der Waals surface area contributed by atoms with E-state index in [4.69, 9.17) is 11.5 Å². The molecule has 4 N–H and O–H groups in total. The van der Waals surface area contributed by atoms with Crippen LogP contribution in [0.5, 0.6) is 0 Å². The van der Waals surface area contributed by atoms with Crippen molar-refractivity contribution in [3.63, 3.8) is 0 Å². The van der Waals surface area contributed by atoms with Crippen LogP contribution in [-0.4, -0.2) is 0 Å². The Morgan fingerprint density at radius 2 is 1.09 bits per heavy atom. The Labute approximate surface area is 127 Å². The van der Waals surface area contributed by atoms with Gasteiger partial charge in [-0.2, -0.15) is 0 Å². The number of hydrogen-bond donors (Lipinski definition) is 2. The van der Waals surface area contributed by atoms with Crippen molar-refractivity contribution in [3.8, 4) is 22.3 Å². The second-order valence-corrected chi connectivity index (χ2v) is 5.00. The molecule has 0 heterocycles. The van der Waals surface area contributed by atoms with Crippen molar-refractivity contribution in [2.24, 2.45) is 0 Å². The molecule has 22 heavy (non-hydrogen) atoms. The van der Waals surface area contributed by atoms with Gasteiger partial charge < -0.3 is 11.5 Å². The van der Waals surface area contributed by atoms with Crippen molar-refractivity contribution in [1.82, 2.24) is 0 Å². The van der Waals surface area contributed by atoms with Crippen LogP contribution < -0.4 is 11.5 Å². The molecule has 3 aromatic rings. The molecule has 0 aliphatic heterocycles. The molecule has 0 radical (unpaired) electrons. The van der Waals surface area contributed by atoms with Gasteiger partial charge in [0.1, 0.15) is 11.6 Å². The van der Waals surface area contributed by atoms with Crippen LogP contribution in [0, 0.1) is 11.6 Å². The smallest absolute Gasteiger partial charge is 0.123 e. The van der Waals surface area contributed by atoms with Crippen molar-refractivity contribution >= 4 is 11.4 Å². The first-order chi connectivity index (χ1) is 10.6. The number of nitrogen functional groups attached to an aromatic ring is 2. The predicted molar refractivity (Wildman–Crippen MR) is 86.1 cm³/mol. The largest absolute Gasteiger partial charge is 0.397 e. The Morgan fingerprint density at radius 3 is 1.64 bits per heavy atom. The second-order valence-electron chi connectivity index (χ2n) is 5.00. The fourth-order valence-corrected chi connectivity index (χ4v) is 2.43. The summed E-state index contributed by atoms with van der Waals surface area (Å²) in [6, 6.07) is 15.7. The van der Waals surface area contributed by atoms with Gasteiger partial charge in [0.25, 0.3) is 0 Å². The van der Waals surface area contributed by atoms with Crippen molar-refractivity contribution in [3.05, 3.63) is 72.3 Å². The zero-order valence-electron chi connectivity index (χ0n) is 11.7. The van der Waals surface area contributed by atoms with E-state index < -0.39 is 0 Å². The SMILES string of the molecule is Nc1ccc(-c2ccc(F)cc2)c(-c2ccc(F)cc2)c1N. The zero-order valence-corrected chi connectivity index (χ0v) is 11.7. The maximum atomic E-state index is 13.2. The van der Waals surface area contributed by atoms with Crippen molar-refractivity contribution in [1.29, 1.82) is 0 Å². The van der Waals surface area contributed by atoms with Crippen LogP contribution in [0.4, 0.5) is 20.2 Å². The normalized spacial score (nSPS) is 10.6. The maximum absolute atomic E-state index is 13.2. The molecule has 0 amide bonds. The summed E-state index contributed by atoms with van der Waals surface area (Å²) in [7, 11) is 0. The first-order valence-corrected chi connectivity index (χ1v) is 6.76. The van der Waals surface area contributed by atoms with Gasteiger partial charge in [0.2, 0.25) is 0 Å². The van der Waals surface area contributed by atoms with Gasteiger partial charge in [0.15, 0.2) is 0 Å². The summed E-state index contributed by atoms with van der Waals surface area (Å²) in [6.07, 6.45) is 0. The molecule has 3 rings (SSSR count). The van der Waals surface area contributed by atoms with Gasteiger partial charge >= 0.3 is 0 Å². The van der Waals surface area contributed by atoms with E-state index in [1.807, 2.05) is 6.07 Å². The highest BCUT2D eigenvalue weighted by Gasteiger charge is 2.13. The molecule has 0 atom stereocenters. The molecule has 0 aliphatic rings. The van der Waals surface area contributed by atoms with E-state index in [2.05, 4.69) is 0 Å². The predicted octanol–water partition coefficient (Wildman–Crippen LogP) is 4.46. The van der Waals surface area contributed by atoms with Gasteiger partial charge in [-0.15, -0.1) is 0 Å². The minimum atomic E-state index is -0.324. The topological polar surface area (TPSA) is 52.0 Å². The van der Waals surface area contributed by atoms with Gasteiger partial charge in [-0.25, -0.2) is 8.78 Å². The first-order valence-electron chi connectivity index (χ1n) is 6.76. The first kappa shape index (κ1) is 14.1. The summed E-state index contributed by atoms with van der Waals surface area (Å²) in [4.78, 5) is 0. The molecule has 0 saturated carbocycles. The van der Waals surface area contributed by atoms with Crippen LogP contribution in [0.25, 0.3) is 22.3 Å². The summed E-state index contributed by atoms with van der Waals surface area (Å²) >= 11 is 0. The Hall–Kier alpha value is -2.88. The molecular weight excluding hydrogens is 282 g/mol. The highest BCUT2D eigenvalue weighted by molar-refractivity contribution is 5.95. The van der Waals surface area contributed by atoms with E-state index in [1.165, 1.54) is 24.3 Å². The number of anilines is 2. The Bertz CT molecular complexity index is 810. The van der Waals surface area contributed by atoms with Crippen molar-refractivity contribution in [2.75, 3.05) is 11.5 Å². The fourth-order valence-electron chi connectivity index (χ4n) is 2.43. The summed E-state index contributed by atoms with van der Waals surface area (Å²) in [6.45, 7) is 0. The second kappa shape index (κ2) is 5.48. The average molecular weight is 296 g/mol. The van der Waals surface area contributed by atoms with E-state index in [0.29, 0.717) is 16.9 Å². The summed E-state index contributed by atoms with van der Waals surface area (Å²) in [5, 5.41) is 0. The zero-order chi connectivity index (χ0) is 15.7. The Kier molecular flexibility index (Phi) is 3.51. The molecule has 4 heteroatoms. The molecule has 0 fully saturated rings. The molecule has 0 bridgehead atoms. The molecule has 3 aromatic carbocycles. The lowest BCUT2D eigenvalue weighted by atomic mass is 9.92. The molecule has 2 nitrogen and oxygen atoms in total. The van der Waals surface area contributed by atoms with Crippen LogP contribution in [0.1, 0.15) is 0 Å². The highest BCUT2D eigenvalue weighted by atomic mass is 19.1. The molecular formula is C18H14F2N2. The number of benzene rings is 3. The van der Waals surface area contributed by atoms with E-state index in [0.717, 1.165) is 16.7 Å². The maximum Gasteiger partial charge on any atom is 0.123 e. The third-order valence-corrected chi connectivity index (χ3v) is 3.57. The number of rotatable bonds is 2. The van der Waals surface area contributed by atoms with Crippen LogP contribution >= 0.6 is 0 Å². The molecule has 0 aromatic heterocycles. The lowest BCUT2D eigenvalue weighted by Gasteiger charge is -2.15. The average Bonchev–Trinajstić information content (AvgIpc) is 2.52. The third kappa shape index (κ3) is 2.51.